The maximum atomic E-state index is 11.5. The van der Waals surface area contributed by atoms with Crippen molar-refractivity contribution in [1.82, 2.24) is 10.6 Å². The van der Waals surface area contributed by atoms with Crippen LogP contribution in [0.3, 0.4) is 0 Å². The molecule has 2 N–H and O–H groups in total. The lowest BCUT2D eigenvalue weighted by Gasteiger charge is -1.99. The highest BCUT2D eigenvalue weighted by atomic mass is 16.2. The normalized spacial score (nSPS) is 21.6. The van der Waals surface area contributed by atoms with Gasteiger partial charge in [-0.25, -0.2) is 0 Å². The Morgan fingerprint density at radius 1 is 0.773 bits per heavy atom. The average Bonchev–Trinajstić information content (AvgIpc) is 2.92. The summed E-state index contributed by atoms with van der Waals surface area (Å²) in [7, 11) is 0. The molecule has 0 saturated carbocycles. The summed E-state index contributed by atoms with van der Waals surface area (Å²) in [6.07, 6.45) is 3.42. The molecule has 3 rings (SSSR count). The number of carbonyl (C=O) groups excluding carboxylic acids is 4. The molecule has 4 amide bonds. The summed E-state index contributed by atoms with van der Waals surface area (Å²) in [5, 5.41) is 4.45. The molecule has 0 aromatic heterocycles. The summed E-state index contributed by atoms with van der Waals surface area (Å²) >= 11 is 0. The lowest BCUT2D eigenvalue weighted by atomic mass is 10.0. The molecule has 2 aliphatic heterocycles. The van der Waals surface area contributed by atoms with Crippen molar-refractivity contribution in [3.63, 3.8) is 0 Å². The fourth-order valence-corrected chi connectivity index (χ4v) is 2.38. The Bertz CT molecular complexity index is 713. The minimum absolute atomic E-state index is 0.0705. The standard InChI is InChI=1S/C16H12N2O4/c19-13-7-11(15(21)17-13)5-9-2-1-3-10(4-9)6-12-8-14(20)18-16(12)22/h1-6H,7-8H2,(H,17,19,21)(H,18,20,22). The number of rotatable bonds is 2. The SMILES string of the molecule is O=C1CC(=Cc2cccc(C=C3CC(=O)NC3=O)c2)C(=O)N1. The second-order valence-electron chi connectivity index (χ2n) is 5.12. The lowest BCUT2D eigenvalue weighted by Crippen LogP contribution is -2.19. The van der Waals surface area contributed by atoms with E-state index in [4.69, 9.17) is 0 Å². The molecule has 2 heterocycles. The van der Waals surface area contributed by atoms with Gasteiger partial charge in [-0.05, 0) is 29.3 Å². The molecule has 0 unspecified atom stereocenters. The van der Waals surface area contributed by atoms with E-state index < -0.39 is 0 Å². The van der Waals surface area contributed by atoms with Crippen LogP contribution in [0.25, 0.3) is 12.2 Å². The highest BCUT2D eigenvalue weighted by Gasteiger charge is 2.24. The Kier molecular flexibility index (Phi) is 3.42. The van der Waals surface area contributed by atoms with E-state index in [1.54, 1.807) is 36.4 Å². The maximum Gasteiger partial charge on any atom is 0.254 e. The fraction of sp³-hybridized carbons (Fsp3) is 0.125. The second kappa shape index (κ2) is 5.40. The van der Waals surface area contributed by atoms with Crippen molar-refractivity contribution in [3.05, 3.63) is 46.5 Å². The Hall–Kier alpha value is -3.02. The number of imide groups is 2. The van der Waals surface area contributed by atoms with Crippen molar-refractivity contribution in [2.75, 3.05) is 0 Å². The molecule has 0 radical (unpaired) electrons. The van der Waals surface area contributed by atoms with E-state index in [0.717, 1.165) is 11.1 Å². The van der Waals surface area contributed by atoms with Crippen LogP contribution in [-0.4, -0.2) is 23.6 Å². The van der Waals surface area contributed by atoms with E-state index in [0.29, 0.717) is 11.1 Å². The Balaban J connectivity index is 1.88. The van der Waals surface area contributed by atoms with Crippen LogP contribution in [0.2, 0.25) is 0 Å². The van der Waals surface area contributed by atoms with Gasteiger partial charge in [-0.2, -0.15) is 0 Å². The molecule has 0 bridgehead atoms. The molecule has 110 valence electrons. The summed E-state index contributed by atoms with van der Waals surface area (Å²) in [5.41, 5.74) is 2.31. The number of nitrogens with one attached hydrogen (secondary N) is 2. The maximum absolute atomic E-state index is 11.5. The third-order valence-corrected chi connectivity index (χ3v) is 3.38. The van der Waals surface area contributed by atoms with Crippen molar-refractivity contribution in [2.45, 2.75) is 12.8 Å². The predicted molar refractivity (Wildman–Crippen MR) is 77.9 cm³/mol. The van der Waals surface area contributed by atoms with Crippen LogP contribution >= 0.6 is 0 Å². The zero-order valence-corrected chi connectivity index (χ0v) is 11.5. The van der Waals surface area contributed by atoms with Gasteiger partial charge in [0.25, 0.3) is 11.8 Å². The molecule has 1 aromatic rings. The number of benzene rings is 1. The highest BCUT2D eigenvalue weighted by molar-refractivity contribution is 6.16. The van der Waals surface area contributed by atoms with E-state index in [9.17, 15) is 19.2 Å². The lowest BCUT2D eigenvalue weighted by molar-refractivity contribution is -0.125. The van der Waals surface area contributed by atoms with E-state index in [2.05, 4.69) is 10.6 Å². The smallest absolute Gasteiger partial charge is 0.254 e. The van der Waals surface area contributed by atoms with E-state index in [1.807, 2.05) is 0 Å². The van der Waals surface area contributed by atoms with Crippen LogP contribution in [0, 0.1) is 0 Å². The average molecular weight is 296 g/mol. The fourth-order valence-electron chi connectivity index (χ4n) is 2.38. The van der Waals surface area contributed by atoms with Crippen molar-refractivity contribution in [1.29, 1.82) is 0 Å². The first-order valence-corrected chi connectivity index (χ1v) is 6.71. The summed E-state index contributed by atoms with van der Waals surface area (Å²) in [6, 6.07) is 7.16. The minimum Gasteiger partial charge on any atom is -0.292 e. The van der Waals surface area contributed by atoms with Gasteiger partial charge in [0.2, 0.25) is 11.8 Å². The minimum atomic E-state index is -0.380. The molecule has 0 atom stereocenters. The van der Waals surface area contributed by atoms with Crippen LogP contribution < -0.4 is 10.6 Å². The molecule has 0 aliphatic carbocycles. The van der Waals surface area contributed by atoms with E-state index in [-0.39, 0.29) is 36.5 Å². The summed E-state index contributed by atoms with van der Waals surface area (Å²) in [4.78, 5) is 45.4. The van der Waals surface area contributed by atoms with Crippen molar-refractivity contribution < 1.29 is 19.2 Å². The first-order chi connectivity index (χ1) is 10.5. The molecular weight excluding hydrogens is 284 g/mol. The largest absolute Gasteiger partial charge is 0.292 e. The first kappa shape index (κ1) is 13.9. The van der Waals surface area contributed by atoms with Gasteiger partial charge in [0.05, 0.1) is 12.8 Å². The van der Waals surface area contributed by atoms with Gasteiger partial charge < -0.3 is 0 Å². The third-order valence-electron chi connectivity index (χ3n) is 3.38. The quantitative estimate of drug-likeness (QED) is 0.615. The van der Waals surface area contributed by atoms with Crippen LogP contribution in [0.15, 0.2) is 35.4 Å². The number of hydrogen-bond acceptors (Lipinski definition) is 4. The van der Waals surface area contributed by atoms with Gasteiger partial charge in [0, 0.05) is 11.1 Å². The zero-order valence-electron chi connectivity index (χ0n) is 11.5. The van der Waals surface area contributed by atoms with Gasteiger partial charge in [0.15, 0.2) is 0 Å². The van der Waals surface area contributed by atoms with Gasteiger partial charge in [-0.15, -0.1) is 0 Å². The molecule has 2 saturated heterocycles. The van der Waals surface area contributed by atoms with Crippen LogP contribution in [0.5, 0.6) is 0 Å². The number of hydrogen-bond donors (Lipinski definition) is 2. The van der Waals surface area contributed by atoms with Crippen molar-refractivity contribution in [3.8, 4) is 0 Å². The van der Waals surface area contributed by atoms with Crippen molar-refractivity contribution >= 4 is 35.8 Å². The molecule has 0 spiro atoms. The monoisotopic (exact) mass is 296 g/mol. The summed E-state index contributed by atoms with van der Waals surface area (Å²) < 4.78 is 0. The highest BCUT2D eigenvalue weighted by Crippen LogP contribution is 2.19. The first-order valence-electron chi connectivity index (χ1n) is 6.71. The topological polar surface area (TPSA) is 92.3 Å². The summed E-state index contributed by atoms with van der Waals surface area (Å²) in [5.74, 6) is -1.38. The van der Waals surface area contributed by atoms with Gasteiger partial charge in [-0.3, -0.25) is 29.8 Å². The number of amides is 4. The molecule has 6 heteroatoms. The predicted octanol–water partition coefficient (Wildman–Crippen LogP) is 0.546. The second-order valence-corrected chi connectivity index (χ2v) is 5.12. The molecular formula is C16H12N2O4. The van der Waals surface area contributed by atoms with Crippen LogP contribution in [-0.2, 0) is 19.2 Å². The molecule has 22 heavy (non-hydrogen) atoms. The van der Waals surface area contributed by atoms with Crippen molar-refractivity contribution in [2.24, 2.45) is 0 Å². The van der Waals surface area contributed by atoms with Crippen LogP contribution in [0.1, 0.15) is 24.0 Å². The van der Waals surface area contributed by atoms with E-state index in [1.165, 1.54) is 0 Å². The zero-order chi connectivity index (χ0) is 15.7. The Labute approximate surface area is 125 Å². The van der Waals surface area contributed by atoms with Gasteiger partial charge in [-0.1, -0.05) is 18.2 Å². The van der Waals surface area contributed by atoms with Gasteiger partial charge in [0.1, 0.15) is 0 Å². The van der Waals surface area contributed by atoms with Gasteiger partial charge >= 0.3 is 0 Å². The molecule has 2 aliphatic rings. The third kappa shape index (κ3) is 2.85. The molecule has 6 nitrogen and oxygen atoms in total. The summed E-state index contributed by atoms with van der Waals surface area (Å²) in [6.45, 7) is 0. The molecule has 2 fully saturated rings. The number of carbonyl (C=O) groups is 4. The van der Waals surface area contributed by atoms with Crippen LogP contribution in [0.4, 0.5) is 0 Å². The Morgan fingerprint density at radius 3 is 1.59 bits per heavy atom. The van der Waals surface area contributed by atoms with E-state index >= 15 is 0 Å². The Morgan fingerprint density at radius 2 is 1.23 bits per heavy atom. The molecule has 1 aromatic carbocycles.